The maximum atomic E-state index is 11.0. The number of hydrogen-bond acceptors (Lipinski definition) is 2. The van der Waals surface area contributed by atoms with E-state index in [0.29, 0.717) is 0 Å². The van der Waals surface area contributed by atoms with Gasteiger partial charge in [0.15, 0.2) is 0 Å². The van der Waals surface area contributed by atoms with Crippen LogP contribution < -0.4 is 5.56 Å². The standard InChI is InChI=1S/C11H14N2O/c1-8-9(5-6-11(14)13-8)10-4-2-3-7-12-10/h5-6H,2-4,7H2,1H3,(H,13,14). The SMILES string of the molecule is Cc1[nH]c(=O)ccc1C1=NCCCC1. The van der Waals surface area contributed by atoms with Crippen molar-refractivity contribution >= 4 is 5.71 Å². The molecule has 14 heavy (non-hydrogen) atoms. The minimum absolute atomic E-state index is 0.0392. The van der Waals surface area contributed by atoms with Gasteiger partial charge in [-0.05, 0) is 32.3 Å². The molecule has 2 heterocycles. The first kappa shape index (κ1) is 9.19. The second kappa shape index (κ2) is 3.78. The molecule has 74 valence electrons. The molecule has 2 rings (SSSR count). The fraction of sp³-hybridized carbons (Fsp3) is 0.455. The Hall–Kier alpha value is -1.38. The Kier molecular flexibility index (Phi) is 2.48. The van der Waals surface area contributed by atoms with Crippen LogP contribution in [0.4, 0.5) is 0 Å². The van der Waals surface area contributed by atoms with Crippen LogP contribution in [0.15, 0.2) is 21.9 Å². The van der Waals surface area contributed by atoms with E-state index in [4.69, 9.17) is 0 Å². The zero-order chi connectivity index (χ0) is 9.97. The monoisotopic (exact) mass is 190 g/mol. The highest BCUT2D eigenvalue weighted by Gasteiger charge is 2.10. The lowest BCUT2D eigenvalue weighted by molar-refractivity contribution is 0.738. The number of aromatic amines is 1. The van der Waals surface area contributed by atoms with E-state index < -0.39 is 0 Å². The van der Waals surface area contributed by atoms with Gasteiger partial charge in [-0.1, -0.05) is 0 Å². The minimum atomic E-state index is -0.0392. The molecule has 0 fully saturated rings. The molecule has 0 aromatic carbocycles. The summed E-state index contributed by atoms with van der Waals surface area (Å²) in [4.78, 5) is 18.3. The Balaban J connectivity index is 2.40. The topological polar surface area (TPSA) is 45.2 Å². The molecule has 3 heteroatoms. The van der Waals surface area contributed by atoms with Crippen molar-refractivity contribution in [2.24, 2.45) is 4.99 Å². The molecule has 1 aromatic heterocycles. The van der Waals surface area contributed by atoms with Gasteiger partial charge in [0.2, 0.25) is 5.56 Å². The van der Waals surface area contributed by atoms with Gasteiger partial charge in [0.05, 0.1) is 0 Å². The van der Waals surface area contributed by atoms with E-state index in [2.05, 4.69) is 9.98 Å². The molecule has 1 N–H and O–H groups in total. The molecule has 0 bridgehead atoms. The minimum Gasteiger partial charge on any atom is -0.326 e. The number of aryl methyl sites for hydroxylation is 1. The van der Waals surface area contributed by atoms with E-state index in [1.165, 1.54) is 12.8 Å². The van der Waals surface area contributed by atoms with Crippen molar-refractivity contribution in [2.75, 3.05) is 6.54 Å². The maximum absolute atomic E-state index is 11.0. The number of hydrogen-bond donors (Lipinski definition) is 1. The first-order chi connectivity index (χ1) is 6.77. The van der Waals surface area contributed by atoms with E-state index in [9.17, 15) is 4.79 Å². The molecule has 1 aromatic rings. The summed E-state index contributed by atoms with van der Waals surface area (Å²) in [6.07, 6.45) is 3.43. The Morgan fingerprint density at radius 3 is 2.86 bits per heavy atom. The van der Waals surface area contributed by atoms with E-state index in [1.807, 2.05) is 13.0 Å². The van der Waals surface area contributed by atoms with Crippen molar-refractivity contribution in [3.63, 3.8) is 0 Å². The Labute approximate surface area is 82.9 Å². The van der Waals surface area contributed by atoms with Crippen molar-refractivity contribution in [3.05, 3.63) is 33.7 Å². The number of pyridine rings is 1. The van der Waals surface area contributed by atoms with E-state index in [0.717, 1.165) is 29.9 Å². The molecule has 0 spiro atoms. The maximum Gasteiger partial charge on any atom is 0.248 e. The molecule has 0 atom stereocenters. The molecule has 0 aliphatic carbocycles. The number of nitrogens with one attached hydrogen (secondary N) is 1. The van der Waals surface area contributed by atoms with E-state index in [1.54, 1.807) is 6.07 Å². The molecule has 0 saturated heterocycles. The first-order valence-electron chi connectivity index (χ1n) is 5.01. The normalized spacial score (nSPS) is 16.5. The summed E-state index contributed by atoms with van der Waals surface area (Å²) >= 11 is 0. The quantitative estimate of drug-likeness (QED) is 0.719. The predicted molar refractivity (Wildman–Crippen MR) is 57.1 cm³/mol. The van der Waals surface area contributed by atoms with Gasteiger partial charge in [-0.2, -0.15) is 0 Å². The lowest BCUT2D eigenvalue weighted by Gasteiger charge is -2.13. The van der Waals surface area contributed by atoms with Gasteiger partial charge >= 0.3 is 0 Å². The van der Waals surface area contributed by atoms with E-state index in [-0.39, 0.29) is 5.56 Å². The van der Waals surface area contributed by atoms with Crippen LogP contribution in [0.25, 0.3) is 0 Å². The summed E-state index contributed by atoms with van der Waals surface area (Å²) in [7, 11) is 0. The molecular weight excluding hydrogens is 176 g/mol. The summed E-state index contributed by atoms with van der Waals surface area (Å²) in [5, 5.41) is 0. The van der Waals surface area contributed by atoms with Crippen LogP contribution in [0.5, 0.6) is 0 Å². The summed E-state index contributed by atoms with van der Waals surface area (Å²) < 4.78 is 0. The number of aromatic nitrogens is 1. The summed E-state index contributed by atoms with van der Waals surface area (Å²) in [5.74, 6) is 0. The van der Waals surface area contributed by atoms with Gasteiger partial charge in [-0.25, -0.2) is 0 Å². The smallest absolute Gasteiger partial charge is 0.248 e. The van der Waals surface area contributed by atoms with Gasteiger partial charge in [0, 0.05) is 29.6 Å². The molecule has 0 radical (unpaired) electrons. The highest BCUT2D eigenvalue weighted by atomic mass is 16.1. The highest BCUT2D eigenvalue weighted by Crippen LogP contribution is 2.14. The largest absolute Gasteiger partial charge is 0.326 e. The molecule has 3 nitrogen and oxygen atoms in total. The summed E-state index contributed by atoms with van der Waals surface area (Å²) in [6.45, 7) is 2.85. The number of H-pyrrole nitrogens is 1. The highest BCUT2D eigenvalue weighted by molar-refractivity contribution is 6.01. The van der Waals surface area contributed by atoms with Crippen molar-refractivity contribution in [1.29, 1.82) is 0 Å². The molecule has 0 amide bonds. The van der Waals surface area contributed by atoms with Crippen LogP contribution in [-0.4, -0.2) is 17.2 Å². The average Bonchev–Trinajstić information content (AvgIpc) is 2.19. The molecule has 0 saturated carbocycles. The predicted octanol–water partition coefficient (Wildman–Crippen LogP) is 1.66. The molecule has 1 aliphatic heterocycles. The Bertz CT molecular complexity index is 418. The van der Waals surface area contributed by atoms with Gasteiger partial charge < -0.3 is 4.98 Å². The van der Waals surface area contributed by atoms with Gasteiger partial charge in [0.1, 0.15) is 0 Å². The fourth-order valence-electron chi connectivity index (χ4n) is 1.81. The second-order valence-corrected chi connectivity index (χ2v) is 3.65. The van der Waals surface area contributed by atoms with Crippen LogP contribution in [0.2, 0.25) is 0 Å². The lowest BCUT2D eigenvalue weighted by atomic mass is 10.0. The van der Waals surface area contributed by atoms with Gasteiger partial charge in [-0.15, -0.1) is 0 Å². The third-order valence-corrected chi connectivity index (χ3v) is 2.55. The third-order valence-electron chi connectivity index (χ3n) is 2.55. The third kappa shape index (κ3) is 1.76. The lowest BCUT2D eigenvalue weighted by Crippen LogP contribution is -2.14. The number of aliphatic imine (C=N–C) groups is 1. The van der Waals surface area contributed by atoms with Gasteiger partial charge in [-0.3, -0.25) is 9.79 Å². The van der Waals surface area contributed by atoms with Crippen molar-refractivity contribution in [2.45, 2.75) is 26.2 Å². The van der Waals surface area contributed by atoms with Crippen LogP contribution in [0, 0.1) is 6.92 Å². The Morgan fingerprint density at radius 2 is 2.21 bits per heavy atom. The zero-order valence-corrected chi connectivity index (χ0v) is 8.34. The number of rotatable bonds is 1. The van der Waals surface area contributed by atoms with Crippen molar-refractivity contribution < 1.29 is 0 Å². The summed E-state index contributed by atoms with van der Waals surface area (Å²) in [5.41, 5.74) is 3.13. The number of nitrogens with zero attached hydrogens (tertiary/aromatic N) is 1. The Morgan fingerprint density at radius 1 is 1.36 bits per heavy atom. The van der Waals surface area contributed by atoms with Crippen molar-refractivity contribution in [1.82, 2.24) is 4.98 Å². The first-order valence-corrected chi connectivity index (χ1v) is 5.01. The second-order valence-electron chi connectivity index (χ2n) is 3.65. The molecule has 0 unspecified atom stereocenters. The zero-order valence-electron chi connectivity index (χ0n) is 8.34. The van der Waals surface area contributed by atoms with E-state index >= 15 is 0 Å². The van der Waals surface area contributed by atoms with Crippen LogP contribution >= 0.6 is 0 Å². The average molecular weight is 190 g/mol. The summed E-state index contributed by atoms with van der Waals surface area (Å²) in [6, 6.07) is 3.44. The fourth-order valence-corrected chi connectivity index (χ4v) is 1.81. The van der Waals surface area contributed by atoms with Crippen molar-refractivity contribution in [3.8, 4) is 0 Å². The van der Waals surface area contributed by atoms with Crippen LogP contribution in [-0.2, 0) is 0 Å². The molecular formula is C11H14N2O. The van der Waals surface area contributed by atoms with Gasteiger partial charge in [0.25, 0.3) is 0 Å². The van der Waals surface area contributed by atoms with Crippen LogP contribution in [0.1, 0.15) is 30.5 Å². The molecule has 1 aliphatic rings. The van der Waals surface area contributed by atoms with Crippen LogP contribution in [0.3, 0.4) is 0 Å².